The first-order valence-electron chi connectivity index (χ1n) is 5.90. The number of halogens is 2. The van der Waals surface area contributed by atoms with Crippen LogP contribution in [0.15, 0.2) is 18.2 Å². The molecule has 1 heterocycles. The summed E-state index contributed by atoms with van der Waals surface area (Å²) in [4.78, 5) is 11.7. The van der Waals surface area contributed by atoms with Crippen LogP contribution in [0.25, 0.3) is 5.69 Å². The summed E-state index contributed by atoms with van der Waals surface area (Å²) in [5.74, 6) is -3.11. The highest BCUT2D eigenvalue weighted by Gasteiger charge is 2.23. The molecular weight excluding hydrogens is 282 g/mol. The molecular formula is C13H10F2N4O2. The van der Waals surface area contributed by atoms with E-state index in [2.05, 4.69) is 5.10 Å². The van der Waals surface area contributed by atoms with Crippen LogP contribution in [0, 0.1) is 23.0 Å². The number of carbonyl (C=O) groups is 1. The fourth-order valence-electron chi connectivity index (χ4n) is 1.70. The van der Waals surface area contributed by atoms with Crippen molar-refractivity contribution in [2.45, 2.75) is 6.92 Å². The van der Waals surface area contributed by atoms with Gasteiger partial charge in [-0.05, 0) is 19.1 Å². The predicted molar refractivity (Wildman–Crippen MR) is 68.6 cm³/mol. The molecule has 0 saturated heterocycles. The van der Waals surface area contributed by atoms with Gasteiger partial charge in [-0.25, -0.2) is 18.3 Å². The number of aromatic nitrogens is 2. The molecule has 0 radical (unpaired) electrons. The molecule has 2 N–H and O–H groups in total. The minimum Gasteiger partial charge on any atom is -0.461 e. The van der Waals surface area contributed by atoms with Crippen LogP contribution >= 0.6 is 0 Å². The van der Waals surface area contributed by atoms with Gasteiger partial charge in [0.1, 0.15) is 17.5 Å². The van der Waals surface area contributed by atoms with E-state index >= 15 is 0 Å². The van der Waals surface area contributed by atoms with Crippen molar-refractivity contribution >= 4 is 11.8 Å². The Morgan fingerprint density at radius 2 is 2.19 bits per heavy atom. The number of nitrogens with two attached hydrogens (primary N) is 1. The van der Waals surface area contributed by atoms with Gasteiger partial charge in [0.15, 0.2) is 17.3 Å². The number of nitriles is 1. The van der Waals surface area contributed by atoms with E-state index in [-0.39, 0.29) is 29.4 Å². The Morgan fingerprint density at radius 1 is 1.48 bits per heavy atom. The molecule has 0 aliphatic rings. The van der Waals surface area contributed by atoms with Crippen LogP contribution in [-0.4, -0.2) is 22.4 Å². The van der Waals surface area contributed by atoms with Gasteiger partial charge in [0, 0.05) is 6.07 Å². The number of anilines is 1. The van der Waals surface area contributed by atoms with Gasteiger partial charge in [-0.1, -0.05) is 0 Å². The molecule has 0 saturated carbocycles. The van der Waals surface area contributed by atoms with Crippen molar-refractivity contribution < 1.29 is 18.3 Å². The molecule has 2 rings (SSSR count). The molecule has 0 fully saturated rings. The van der Waals surface area contributed by atoms with Crippen molar-refractivity contribution in [3.63, 3.8) is 0 Å². The van der Waals surface area contributed by atoms with Crippen LogP contribution in [0.3, 0.4) is 0 Å². The summed E-state index contributed by atoms with van der Waals surface area (Å²) in [6.45, 7) is 1.70. The molecule has 0 atom stereocenters. The van der Waals surface area contributed by atoms with Crippen LogP contribution in [-0.2, 0) is 4.74 Å². The zero-order valence-corrected chi connectivity index (χ0v) is 10.9. The molecule has 0 aliphatic carbocycles. The smallest absolute Gasteiger partial charge is 0.360 e. The van der Waals surface area contributed by atoms with E-state index in [0.717, 1.165) is 16.8 Å². The van der Waals surface area contributed by atoms with Crippen LogP contribution in [0.5, 0.6) is 0 Å². The normalized spacial score (nSPS) is 10.2. The predicted octanol–water partition coefficient (Wildman–Crippen LogP) is 1.78. The van der Waals surface area contributed by atoms with Crippen molar-refractivity contribution in [3.8, 4) is 11.8 Å². The molecule has 0 unspecified atom stereocenters. The molecule has 2 aromatic rings. The van der Waals surface area contributed by atoms with Gasteiger partial charge in [-0.2, -0.15) is 10.4 Å². The maximum Gasteiger partial charge on any atom is 0.360 e. The second-order valence-corrected chi connectivity index (χ2v) is 3.95. The van der Waals surface area contributed by atoms with Crippen LogP contribution in [0.2, 0.25) is 0 Å². The van der Waals surface area contributed by atoms with Crippen LogP contribution in [0.4, 0.5) is 14.6 Å². The fourth-order valence-corrected chi connectivity index (χ4v) is 1.70. The molecule has 0 spiro atoms. The first-order chi connectivity index (χ1) is 9.99. The van der Waals surface area contributed by atoms with Gasteiger partial charge in [0.05, 0.1) is 12.3 Å². The summed E-state index contributed by atoms with van der Waals surface area (Å²) in [7, 11) is 0. The minimum atomic E-state index is -1.10. The second-order valence-electron chi connectivity index (χ2n) is 3.95. The van der Waals surface area contributed by atoms with E-state index < -0.39 is 17.6 Å². The minimum absolute atomic E-state index is 0.0819. The van der Waals surface area contributed by atoms with Crippen molar-refractivity contribution in [2.24, 2.45) is 0 Å². The summed E-state index contributed by atoms with van der Waals surface area (Å²) < 4.78 is 31.9. The maximum absolute atomic E-state index is 13.3. The fraction of sp³-hybridized carbons (Fsp3) is 0.154. The van der Waals surface area contributed by atoms with Gasteiger partial charge >= 0.3 is 5.97 Å². The number of benzene rings is 1. The van der Waals surface area contributed by atoms with Gasteiger partial charge in [0.2, 0.25) is 0 Å². The van der Waals surface area contributed by atoms with Crippen LogP contribution in [0.1, 0.15) is 23.0 Å². The molecule has 0 bridgehead atoms. The lowest BCUT2D eigenvalue weighted by atomic mass is 10.2. The number of hydrogen-bond acceptors (Lipinski definition) is 5. The van der Waals surface area contributed by atoms with Crippen LogP contribution < -0.4 is 5.73 Å². The summed E-state index contributed by atoms with van der Waals surface area (Å²) in [5.41, 5.74) is 5.35. The molecule has 6 nitrogen and oxygen atoms in total. The van der Waals surface area contributed by atoms with Crippen molar-refractivity contribution in [2.75, 3.05) is 12.3 Å². The third kappa shape index (κ3) is 2.53. The molecule has 108 valence electrons. The van der Waals surface area contributed by atoms with E-state index in [9.17, 15) is 13.6 Å². The largest absolute Gasteiger partial charge is 0.461 e. The van der Waals surface area contributed by atoms with E-state index in [1.807, 2.05) is 0 Å². The molecule has 0 amide bonds. The standard InChI is InChI=1S/C13H10F2N4O2/c1-2-21-13(20)11-8(6-16)12(17)19(18-11)7-3-4-9(14)10(15)5-7/h3-5H,2,17H2,1H3. The Kier molecular flexibility index (Phi) is 3.84. The Bertz CT molecular complexity index is 749. The topological polar surface area (TPSA) is 93.9 Å². The lowest BCUT2D eigenvalue weighted by molar-refractivity contribution is 0.0518. The third-order valence-electron chi connectivity index (χ3n) is 2.65. The molecule has 1 aromatic carbocycles. The summed E-state index contributed by atoms with van der Waals surface area (Å²) >= 11 is 0. The monoisotopic (exact) mass is 292 g/mol. The highest BCUT2D eigenvalue weighted by atomic mass is 19.2. The number of nitrogen functional groups attached to an aromatic ring is 1. The van der Waals surface area contributed by atoms with E-state index in [1.165, 1.54) is 6.07 Å². The summed E-state index contributed by atoms with van der Waals surface area (Å²) in [6.07, 6.45) is 0. The van der Waals surface area contributed by atoms with Gasteiger partial charge in [0.25, 0.3) is 0 Å². The van der Waals surface area contributed by atoms with E-state index in [1.54, 1.807) is 13.0 Å². The number of carbonyl (C=O) groups excluding carboxylic acids is 1. The van der Waals surface area contributed by atoms with Gasteiger partial charge < -0.3 is 10.5 Å². The second kappa shape index (κ2) is 5.58. The van der Waals surface area contributed by atoms with E-state index in [0.29, 0.717) is 0 Å². The summed E-state index contributed by atoms with van der Waals surface area (Å²) in [6, 6.07) is 4.71. The highest BCUT2D eigenvalue weighted by molar-refractivity contribution is 5.92. The number of nitrogens with zero attached hydrogens (tertiary/aromatic N) is 3. The zero-order valence-electron chi connectivity index (χ0n) is 10.9. The van der Waals surface area contributed by atoms with Crippen molar-refractivity contribution in [1.82, 2.24) is 9.78 Å². The molecule has 8 heteroatoms. The number of esters is 1. The zero-order chi connectivity index (χ0) is 15.6. The molecule has 21 heavy (non-hydrogen) atoms. The average Bonchev–Trinajstić information content (AvgIpc) is 2.79. The van der Waals surface area contributed by atoms with Gasteiger partial charge in [-0.3, -0.25) is 0 Å². The quantitative estimate of drug-likeness (QED) is 0.870. The Balaban J connectivity index is 2.58. The Morgan fingerprint density at radius 3 is 2.76 bits per heavy atom. The lowest BCUT2D eigenvalue weighted by Gasteiger charge is -2.04. The maximum atomic E-state index is 13.3. The lowest BCUT2D eigenvalue weighted by Crippen LogP contribution is -2.08. The molecule has 1 aromatic heterocycles. The first kappa shape index (κ1) is 14.5. The molecule has 0 aliphatic heterocycles. The number of hydrogen-bond donors (Lipinski definition) is 1. The SMILES string of the molecule is CCOC(=O)c1nn(-c2ccc(F)c(F)c2)c(N)c1C#N. The number of rotatable bonds is 3. The van der Waals surface area contributed by atoms with E-state index in [4.69, 9.17) is 15.7 Å². The summed E-state index contributed by atoms with van der Waals surface area (Å²) in [5, 5.41) is 12.9. The third-order valence-corrected chi connectivity index (χ3v) is 2.65. The van der Waals surface area contributed by atoms with Gasteiger partial charge in [-0.15, -0.1) is 0 Å². The Labute approximate surface area is 118 Å². The highest BCUT2D eigenvalue weighted by Crippen LogP contribution is 2.22. The first-order valence-corrected chi connectivity index (χ1v) is 5.90. The van der Waals surface area contributed by atoms with Crippen molar-refractivity contribution in [3.05, 3.63) is 41.1 Å². The Hall–Kier alpha value is -2.95. The number of ether oxygens (including phenoxy) is 1. The van der Waals surface area contributed by atoms with Crippen molar-refractivity contribution in [1.29, 1.82) is 5.26 Å². The average molecular weight is 292 g/mol.